The van der Waals surface area contributed by atoms with E-state index in [-0.39, 0.29) is 11.9 Å². The fourth-order valence-electron chi connectivity index (χ4n) is 2.61. The minimum Gasteiger partial charge on any atom is -0.377 e. The first-order chi connectivity index (χ1) is 10.1. The predicted molar refractivity (Wildman–Crippen MR) is 84.3 cm³/mol. The van der Waals surface area contributed by atoms with E-state index in [0.29, 0.717) is 19.8 Å². The van der Waals surface area contributed by atoms with Crippen molar-refractivity contribution in [3.05, 3.63) is 29.3 Å². The van der Waals surface area contributed by atoms with Crippen LogP contribution in [0.3, 0.4) is 0 Å². The number of aryl methyl sites for hydroxylation is 1. The number of benzene rings is 1. The predicted octanol–water partition coefficient (Wildman–Crippen LogP) is 1.19. The number of nitrogens with zero attached hydrogens (tertiary/aromatic N) is 1. The maximum Gasteiger partial charge on any atom is 0.242 e. The molecule has 1 aromatic carbocycles. The maximum atomic E-state index is 11.6. The van der Waals surface area contributed by atoms with E-state index in [2.05, 4.69) is 37.4 Å². The Bertz CT molecular complexity index is 490. The summed E-state index contributed by atoms with van der Waals surface area (Å²) >= 11 is 0. The third kappa shape index (κ3) is 3.95. The van der Waals surface area contributed by atoms with Gasteiger partial charge < -0.3 is 20.7 Å². The molecule has 3 N–H and O–H groups in total. The van der Waals surface area contributed by atoms with E-state index in [1.165, 1.54) is 11.1 Å². The molecule has 21 heavy (non-hydrogen) atoms. The van der Waals surface area contributed by atoms with E-state index in [0.717, 1.165) is 25.2 Å². The van der Waals surface area contributed by atoms with Gasteiger partial charge in [-0.15, -0.1) is 0 Å². The second-order valence-electron chi connectivity index (χ2n) is 5.47. The van der Waals surface area contributed by atoms with E-state index in [9.17, 15) is 4.79 Å². The molecule has 0 bridgehead atoms. The lowest BCUT2D eigenvalue weighted by atomic mass is 10.1. The van der Waals surface area contributed by atoms with E-state index in [1.54, 1.807) is 0 Å². The first-order valence-corrected chi connectivity index (χ1v) is 7.57. The molecular formula is C16H25N3O2. The summed E-state index contributed by atoms with van der Waals surface area (Å²) in [5.41, 5.74) is 9.03. The van der Waals surface area contributed by atoms with Gasteiger partial charge in [0.25, 0.3) is 0 Å². The minimum atomic E-state index is -0.373. The van der Waals surface area contributed by atoms with Crippen LogP contribution in [-0.2, 0) is 16.1 Å². The van der Waals surface area contributed by atoms with Gasteiger partial charge in [-0.25, -0.2) is 0 Å². The molecule has 1 aliphatic rings. The Balaban J connectivity index is 2.12. The lowest BCUT2D eigenvalue weighted by Gasteiger charge is -2.35. The molecular weight excluding hydrogens is 266 g/mol. The number of ether oxygens (including phenoxy) is 1. The second kappa shape index (κ2) is 7.43. The molecule has 0 aromatic heterocycles. The Morgan fingerprint density at radius 2 is 2.33 bits per heavy atom. The number of primary amides is 1. The van der Waals surface area contributed by atoms with Gasteiger partial charge in [-0.2, -0.15) is 0 Å². The van der Waals surface area contributed by atoms with Crippen molar-refractivity contribution in [2.24, 2.45) is 5.73 Å². The van der Waals surface area contributed by atoms with Crippen LogP contribution in [0.15, 0.2) is 18.2 Å². The monoisotopic (exact) mass is 291 g/mol. The molecule has 1 fully saturated rings. The standard InChI is InChI=1S/C16H25N3O2/c1-3-6-18-10-13-4-5-14(9-12(13)2)19-7-8-21-11-15(19)16(17)20/h4-5,9,15,18H,3,6-8,10-11H2,1-2H3,(H2,17,20). The summed E-state index contributed by atoms with van der Waals surface area (Å²) < 4.78 is 5.36. The molecule has 1 aliphatic heterocycles. The zero-order valence-electron chi connectivity index (χ0n) is 12.9. The summed E-state index contributed by atoms with van der Waals surface area (Å²) in [7, 11) is 0. The number of rotatable bonds is 6. The summed E-state index contributed by atoms with van der Waals surface area (Å²) in [5.74, 6) is -0.332. The Morgan fingerprint density at radius 1 is 1.52 bits per heavy atom. The maximum absolute atomic E-state index is 11.6. The molecule has 5 heteroatoms. The van der Waals surface area contributed by atoms with Crippen LogP contribution in [0.4, 0.5) is 5.69 Å². The topological polar surface area (TPSA) is 67.6 Å². The quantitative estimate of drug-likeness (QED) is 0.773. The highest BCUT2D eigenvalue weighted by Gasteiger charge is 2.27. The van der Waals surface area contributed by atoms with E-state index < -0.39 is 0 Å². The molecule has 0 saturated carbocycles. The van der Waals surface area contributed by atoms with Crippen LogP contribution >= 0.6 is 0 Å². The zero-order valence-corrected chi connectivity index (χ0v) is 12.9. The Labute approximate surface area is 126 Å². The second-order valence-corrected chi connectivity index (χ2v) is 5.47. The molecule has 2 rings (SSSR count). The van der Waals surface area contributed by atoms with Crippen LogP contribution in [0.2, 0.25) is 0 Å². The zero-order chi connectivity index (χ0) is 15.2. The highest BCUT2D eigenvalue weighted by Crippen LogP contribution is 2.23. The summed E-state index contributed by atoms with van der Waals surface area (Å²) in [6.07, 6.45) is 1.13. The molecule has 0 spiro atoms. The van der Waals surface area contributed by atoms with Crippen molar-refractivity contribution in [1.29, 1.82) is 0 Å². The van der Waals surface area contributed by atoms with Crippen molar-refractivity contribution >= 4 is 11.6 Å². The molecule has 116 valence electrons. The molecule has 1 unspecified atom stereocenters. The van der Waals surface area contributed by atoms with Crippen LogP contribution in [-0.4, -0.2) is 38.3 Å². The van der Waals surface area contributed by atoms with Crippen LogP contribution in [0.1, 0.15) is 24.5 Å². The van der Waals surface area contributed by atoms with E-state index >= 15 is 0 Å². The SMILES string of the molecule is CCCNCc1ccc(N2CCOCC2C(N)=O)cc1C. The number of carbonyl (C=O) groups is 1. The molecule has 1 amide bonds. The van der Waals surface area contributed by atoms with Gasteiger partial charge in [0.2, 0.25) is 5.91 Å². The average Bonchev–Trinajstić information content (AvgIpc) is 2.49. The van der Waals surface area contributed by atoms with Crippen molar-refractivity contribution in [1.82, 2.24) is 5.32 Å². The number of anilines is 1. The molecule has 1 saturated heterocycles. The number of morpholine rings is 1. The van der Waals surface area contributed by atoms with Crippen LogP contribution in [0.25, 0.3) is 0 Å². The number of hydrogen-bond acceptors (Lipinski definition) is 4. The van der Waals surface area contributed by atoms with Gasteiger partial charge in [0, 0.05) is 18.8 Å². The number of carbonyl (C=O) groups excluding carboxylic acids is 1. The van der Waals surface area contributed by atoms with Crippen molar-refractivity contribution in [3.63, 3.8) is 0 Å². The molecule has 1 aromatic rings. The fourth-order valence-corrected chi connectivity index (χ4v) is 2.61. The summed E-state index contributed by atoms with van der Waals surface area (Å²) in [4.78, 5) is 13.6. The Morgan fingerprint density at radius 3 is 3.00 bits per heavy atom. The fraction of sp³-hybridized carbons (Fsp3) is 0.562. The number of nitrogens with two attached hydrogens (primary N) is 1. The van der Waals surface area contributed by atoms with Crippen molar-refractivity contribution in [2.45, 2.75) is 32.9 Å². The minimum absolute atomic E-state index is 0.332. The van der Waals surface area contributed by atoms with Crippen molar-refractivity contribution in [2.75, 3.05) is 31.2 Å². The largest absolute Gasteiger partial charge is 0.377 e. The first kappa shape index (κ1) is 15.8. The summed E-state index contributed by atoms with van der Waals surface area (Å²) in [6, 6.07) is 5.95. The highest BCUT2D eigenvalue weighted by atomic mass is 16.5. The van der Waals surface area contributed by atoms with Crippen molar-refractivity contribution in [3.8, 4) is 0 Å². The van der Waals surface area contributed by atoms with Gasteiger partial charge in [-0.3, -0.25) is 4.79 Å². The smallest absolute Gasteiger partial charge is 0.242 e. The van der Waals surface area contributed by atoms with Crippen LogP contribution in [0, 0.1) is 6.92 Å². The Kier molecular flexibility index (Phi) is 5.59. The van der Waals surface area contributed by atoms with Gasteiger partial charge in [0.15, 0.2) is 0 Å². The molecule has 1 heterocycles. The molecule has 0 aliphatic carbocycles. The van der Waals surface area contributed by atoms with E-state index in [1.807, 2.05) is 4.90 Å². The lowest BCUT2D eigenvalue weighted by Crippen LogP contribution is -2.52. The van der Waals surface area contributed by atoms with Gasteiger partial charge in [-0.1, -0.05) is 13.0 Å². The van der Waals surface area contributed by atoms with Gasteiger partial charge >= 0.3 is 0 Å². The number of nitrogens with one attached hydrogen (secondary N) is 1. The third-order valence-electron chi connectivity index (χ3n) is 3.86. The summed E-state index contributed by atoms with van der Waals surface area (Å²) in [6.45, 7) is 7.85. The van der Waals surface area contributed by atoms with Crippen molar-refractivity contribution < 1.29 is 9.53 Å². The normalized spacial score (nSPS) is 18.8. The van der Waals surface area contributed by atoms with Gasteiger partial charge in [-0.05, 0) is 43.1 Å². The molecule has 0 radical (unpaired) electrons. The van der Waals surface area contributed by atoms with E-state index in [4.69, 9.17) is 10.5 Å². The van der Waals surface area contributed by atoms with Gasteiger partial charge in [0.05, 0.1) is 13.2 Å². The summed E-state index contributed by atoms with van der Waals surface area (Å²) in [5, 5.41) is 3.41. The van der Waals surface area contributed by atoms with Crippen LogP contribution in [0.5, 0.6) is 0 Å². The average molecular weight is 291 g/mol. The Hall–Kier alpha value is -1.59. The number of hydrogen-bond donors (Lipinski definition) is 2. The van der Waals surface area contributed by atoms with Gasteiger partial charge in [0.1, 0.15) is 6.04 Å². The molecule has 1 atom stereocenters. The van der Waals surface area contributed by atoms with Crippen LogP contribution < -0.4 is 16.0 Å². The third-order valence-corrected chi connectivity index (χ3v) is 3.86. The molecule has 5 nitrogen and oxygen atoms in total. The lowest BCUT2D eigenvalue weighted by molar-refractivity contribution is -0.121. The number of amides is 1. The first-order valence-electron chi connectivity index (χ1n) is 7.57. The highest BCUT2D eigenvalue weighted by molar-refractivity contribution is 5.84.